The van der Waals surface area contributed by atoms with Crippen LogP contribution in [-0.4, -0.2) is 4.98 Å². The Balaban J connectivity index is 2.58. The largest absolute Gasteiger partial charge is 0.239 e. The minimum atomic E-state index is 0.388. The number of halogens is 1. The summed E-state index contributed by atoms with van der Waals surface area (Å²) in [7, 11) is 0. The molecule has 0 N–H and O–H groups in total. The SMILES string of the molecule is CC(C)Cc1c(C#N)c(Cl)nc2c1CCC2. The van der Waals surface area contributed by atoms with Crippen LogP contribution in [0.3, 0.4) is 0 Å². The summed E-state index contributed by atoms with van der Waals surface area (Å²) in [4.78, 5) is 4.34. The highest BCUT2D eigenvalue weighted by Gasteiger charge is 2.22. The molecule has 0 radical (unpaired) electrons. The monoisotopic (exact) mass is 234 g/mol. The predicted octanol–water partition coefficient (Wildman–Crippen LogP) is 3.29. The first-order valence-corrected chi connectivity index (χ1v) is 6.11. The fraction of sp³-hybridized carbons (Fsp3) is 0.538. The Hall–Kier alpha value is -1.07. The summed E-state index contributed by atoms with van der Waals surface area (Å²) in [6.07, 6.45) is 4.12. The summed E-state index contributed by atoms with van der Waals surface area (Å²) < 4.78 is 0. The molecule has 1 heterocycles. The van der Waals surface area contributed by atoms with Gasteiger partial charge < -0.3 is 0 Å². The van der Waals surface area contributed by atoms with Crippen LogP contribution in [0.2, 0.25) is 5.15 Å². The third kappa shape index (κ3) is 1.92. The van der Waals surface area contributed by atoms with Gasteiger partial charge in [0, 0.05) is 5.69 Å². The highest BCUT2D eigenvalue weighted by atomic mass is 35.5. The van der Waals surface area contributed by atoms with Gasteiger partial charge in [-0.15, -0.1) is 0 Å². The Labute approximate surface area is 101 Å². The van der Waals surface area contributed by atoms with Crippen molar-refractivity contribution in [3.05, 3.63) is 27.5 Å². The Morgan fingerprint density at radius 3 is 2.81 bits per heavy atom. The van der Waals surface area contributed by atoms with Gasteiger partial charge in [-0.25, -0.2) is 4.98 Å². The lowest BCUT2D eigenvalue weighted by atomic mass is 9.94. The summed E-state index contributed by atoms with van der Waals surface area (Å²) in [5.41, 5.74) is 4.13. The topological polar surface area (TPSA) is 36.7 Å². The minimum absolute atomic E-state index is 0.388. The van der Waals surface area contributed by atoms with Gasteiger partial charge in [0.15, 0.2) is 0 Å². The first-order chi connectivity index (χ1) is 7.63. The average molecular weight is 235 g/mol. The molecule has 16 heavy (non-hydrogen) atoms. The molecule has 2 nitrogen and oxygen atoms in total. The number of nitrogens with zero attached hydrogens (tertiary/aromatic N) is 2. The Morgan fingerprint density at radius 2 is 2.19 bits per heavy atom. The van der Waals surface area contributed by atoms with E-state index in [1.54, 1.807) is 0 Å². The first kappa shape index (κ1) is 11.4. The van der Waals surface area contributed by atoms with E-state index in [-0.39, 0.29) is 0 Å². The second-order valence-corrected chi connectivity index (χ2v) is 5.10. The number of hydrogen-bond donors (Lipinski definition) is 0. The van der Waals surface area contributed by atoms with Crippen molar-refractivity contribution in [2.24, 2.45) is 5.92 Å². The molecule has 1 aromatic rings. The quantitative estimate of drug-likeness (QED) is 0.737. The van der Waals surface area contributed by atoms with Crippen molar-refractivity contribution in [3.63, 3.8) is 0 Å². The van der Waals surface area contributed by atoms with Gasteiger partial charge in [-0.1, -0.05) is 25.4 Å². The van der Waals surface area contributed by atoms with E-state index in [1.165, 1.54) is 5.56 Å². The number of nitriles is 1. The fourth-order valence-electron chi connectivity index (χ4n) is 2.37. The van der Waals surface area contributed by atoms with Crippen molar-refractivity contribution in [1.29, 1.82) is 5.26 Å². The minimum Gasteiger partial charge on any atom is -0.239 e. The Bertz CT molecular complexity index is 457. The van der Waals surface area contributed by atoms with Crippen LogP contribution in [0.1, 0.15) is 42.7 Å². The van der Waals surface area contributed by atoms with Crippen LogP contribution in [0.15, 0.2) is 0 Å². The fourth-order valence-corrected chi connectivity index (χ4v) is 2.63. The van der Waals surface area contributed by atoms with Gasteiger partial charge in [-0.3, -0.25) is 0 Å². The Kier molecular flexibility index (Phi) is 3.16. The molecule has 1 aliphatic rings. The molecule has 0 saturated heterocycles. The molecule has 0 saturated carbocycles. The van der Waals surface area contributed by atoms with Gasteiger partial charge in [0.1, 0.15) is 11.2 Å². The first-order valence-electron chi connectivity index (χ1n) is 5.73. The zero-order valence-corrected chi connectivity index (χ0v) is 10.4. The zero-order chi connectivity index (χ0) is 11.7. The van der Waals surface area contributed by atoms with Gasteiger partial charge >= 0.3 is 0 Å². The highest BCUT2D eigenvalue weighted by Crippen LogP contribution is 2.31. The van der Waals surface area contributed by atoms with E-state index in [0.717, 1.165) is 36.9 Å². The van der Waals surface area contributed by atoms with Crippen LogP contribution in [-0.2, 0) is 19.3 Å². The van der Waals surface area contributed by atoms with Gasteiger partial charge in [0.05, 0.1) is 5.56 Å². The Morgan fingerprint density at radius 1 is 1.44 bits per heavy atom. The van der Waals surface area contributed by atoms with Gasteiger partial charge in [0.25, 0.3) is 0 Å². The van der Waals surface area contributed by atoms with E-state index < -0.39 is 0 Å². The van der Waals surface area contributed by atoms with Crippen LogP contribution in [0.4, 0.5) is 0 Å². The third-order valence-electron chi connectivity index (χ3n) is 3.02. The molecule has 0 atom stereocenters. The van der Waals surface area contributed by atoms with Crippen molar-refractivity contribution in [1.82, 2.24) is 4.98 Å². The molecule has 84 valence electrons. The summed E-state index contributed by atoms with van der Waals surface area (Å²) in [6.45, 7) is 4.33. The second-order valence-electron chi connectivity index (χ2n) is 4.74. The van der Waals surface area contributed by atoms with Crippen LogP contribution in [0, 0.1) is 17.2 Å². The molecule has 0 amide bonds. The zero-order valence-electron chi connectivity index (χ0n) is 9.68. The molecular weight excluding hydrogens is 220 g/mol. The number of fused-ring (bicyclic) bond motifs is 1. The summed E-state index contributed by atoms with van der Waals surface area (Å²) >= 11 is 6.06. The number of rotatable bonds is 2. The number of aryl methyl sites for hydroxylation is 1. The van der Waals surface area contributed by atoms with Crippen molar-refractivity contribution >= 4 is 11.6 Å². The van der Waals surface area contributed by atoms with Crippen molar-refractivity contribution < 1.29 is 0 Å². The van der Waals surface area contributed by atoms with E-state index in [0.29, 0.717) is 16.6 Å². The maximum atomic E-state index is 9.17. The standard InChI is InChI=1S/C13H15ClN2/c1-8(2)6-10-9-4-3-5-12(9)16-13(14)11(10)7-15/h8H,3-6H2,1-2H3. The van der Waals surface area contributed by atoms with E-state index in [9.17, 15) is 0 Å². The van der Waals surface area contributed by atoms with Gasteiger partial charge in [0.2, 0.25) is 0 Å². The summed E-state index contributed by atoms with van der Waals surface area (Å²) in [6, 6.07) is 2.20. The molecule has 1 aliphatic carbocycles. The highest BCUT2D eigenvalue weighted by molar-refractivity contribution is 6.30. The van der Waals surface area contributed by atoms with E-state index in [2.05, 4.69) is 24.9 Å². The van der Waals surface area contributed by atoms with Gasteiger partial charge in [-0.2, -0.15) is 5.26 Å². The van der Waals surface area contributed by atoms with E-state index >= 15 is 0 Å². The maximum absolute atomic E-state index is 9.17. The molecular formula is C13H15ClN2. The summed E-state index contributed by atoms with van der Waals surface area (Å²) in [5, 5.41) is 9.56. The van der Waals surface area contributed by atoms with Crippen molar-refractivity contribution in [3.8, 4) is 6.07 Å². The molecule has 3 heteroatoms. The molecule has 1 aromatic heterocycles. The predicted molar refractivity (Wildman–Crippen MR) is 64.5 cm³/mol. The lowest BCUT2D eigenvalue weighted by Crippen LogP contribution is -2.05. The third-order valence-corrected chi connectivity index (χ3v) is 3.29. The maximum Gasteiger partial charge on any atom is 0.147 e. The molecule has 2 rings (SSSR count). The molecule has 0 spiro atoms. The van der Waals surface area contributed by atoms with E-state index in [4.69, 9.17) is 16.9 Å². The normalized spacial score (nSPS) is 13.9. The number of pyridine rings is 1. The molecule has 0 fully saturated rings. The molecule has 0 aromatic carbocycles. The van der Waals surface area contributed by atoms with Crippen LogP contribution < -0.4 is 0 Å². The van der Waals surface area contributed by atoms with Crippen molar-refractivity contribution in [2.75, 3.05) is 0 Å². The van der Waals surface area contributed by atoms with Crippen LogP contribution >= 0.6 is 11.6 Å². The van der Waals surface area contributed by atoms with E-state index in [1.807, 2.05) is 0 Å². The molecule has 0 unspecified atom stereocenters. The average Bonchev–Trinajstić information content (AvgIpc) is 2.64. The van der Waals surface area contributed by atoms with Crippen LogP contribution in [0.5, 0.6) is 0 Å². The number of hydrogen-bond acceptors (Lipinski definition) is 2. The second kappa shape index (κ2) is 4.43. The van der Waals surface area contributed by atoms with Gasteiger partial charge in [-0.05, 0) is 42.7 Å². The molecule has 0 bridgehead atoms. The lowest BCUT2D eigenvalue weighted by Gasteiger charge is -2.13. The summed E-state index contributed by atoms with van der Waals surface area (Å²) in [5.74, 6) is 0.537. The number of aromatic nitrogens is 1. The lowest BCUT2D eigenvalue weighted by molar-refractivity contribution is 0.641. The smallest absolute Gasteiger partial charge is 0.147 e. The molecule has 0 aliphatic heterocycles. The van der Waals surface area contributed by atoms with Crippen molar-refractivity contribution in [2.45, 2.75) is 39.5 Å². The van der Waals surface area contributed by atoms with Crippen LogP contribution in [0.25, 0.3) is 0 Å².